The molecule has 2 aromatic heterocycles. The number of likely N-dealkylation sites (tertiary alicyclic amines) is 1. The summed E-state index contributed by atoms with van der Waals surface area (Å²) in [6, 6.07) is 46.7. The van der Waals surface area contributed by atoms with Gasteiger partial charge in [-0.3, -0.25) is 34.1 Å². The monoisotopic (exact) mass is 1130 g/mol. The van der Waals surface area contributed by atoms with Gasteiger partial charge in [0.2, 0.25) is 5.91 Å². The molecule has 424 valence electrons. The molecule has 2 atom stereocenters. The predicted molar refractivity (Wildman–Crippen MR) is 320 cm³/mol. The van der Waals surface area contributed by atoms with Crippen LogP contribution in [0.2, 0.25) is 0 Å². The van der Waals surface area contributed by atoms with Gasteiger partial charge in [-0.05, 0) is 120 Å². The average molecular weight is 1130 g/mol. The van der Waals surface area contributed by atoms with Crippen LogP contribution in [0.5, 0.6) is 0 Å². The van der Waals surface area contributed by atoms with Crippen molar-refractivity contribution in [3.63, 3.8) is 0 Å². The van der Waals surface area contributed by atoms with Crippen molar-refractivity contribution in [1.82, 2.24) is 29.9 Å². The number of halogens is 2. The molecule has 16 nitrogen and oxygen atoms in total. The first-order chi connectivity index (χ1) is 38.8. The second-order valence-corrected chi connectivity index (χ2v) is 21.9. The second-order valence-electron chi connectivity index (χ2n) is 20.9. The number of hydrogen-bond acceptors (Lipinski definition) is 13. The maximum absolute atomic E-state index is 13.9. The number of likely N-dealkylation sites (N-methyl/N-ethyl adjacent to an activating group) is 1. The molecule has 6 heterocycles. The largest absolute Gasteiger partial charge is 0.412 e. The lowest BCUT2D eigenvalue weighted by Gasteiger charge is -2.37. The highest BCUT2D eigenvalue weighted by atomic mass is 32.1. The number of guanidine groups is 3. The van der Waals surface area contributed by atoms with E-state index in [1.165, 1.54) is 27.2 Å². The molecular formula is C63H68F2N12O4S. The Labute approximate surface area is 480 Å². The molecule has 11 rings (SSSR count). The summed E-state index contributed by atoms with van der Waals surface area (Å²) in [5, 5.41) is 5.22. The van der Waals surface area contributed by atoms with E-state index < -0.39 is 28.3 Å². The average Bonchev–Trinajstić information content (AvgIpc) is 4.13. The number of piperidine rings is 1. The van der Waals surface area contributed by atoms with Gasteiger partial charge in [-0.1, -0.05) is 128 Å². The van der Waals surface area contributed by atoms with E-state index in [2.05, 4.69) is 45.6 Å². The molecule has 1 unspecified atom stereocenters. The molecule has 1 fully saturated rings. The number of thiophene rings is 1. The standard InChI is InChI=1S/C26H33N5O.C21H18N4O.C16H15F2N3OS.H2O/c1-19(2)28-20(3)30-16-14-21(15-17-30)18-31-24(32)26(29-25(31)27,22-10-6-4-7-11-22)23-12-8-5-9-13-23;1-25-19(26)21(24-20(25)22,17-9-3-2-4-10-17)18-11-5-7-15(13-18)16-8-6-12-23-14-16;1-16(7-14(22)21(2)15(19)20-16)13-6-10(8-23-13)9-3-4-11(17)12(18)5-9;/h4-13,19,21,28H,3,14-18H2,1-2H3,(H2,27,29);2-14H,1H3,(H2,22,24);3-6,8H,7H2,1-2H3,(H2,19,20);1H2/t;;16-;/m..0./s1. The SMILES string of the molecule is C=C(NC(C)C)N1CCC(CN2C(=O)C(c3ccccc3)(c3ccccc3)N=C2N)CC1.CN1C(=O)C(c2ccccc2)(c2cccc(-c3cccnc3)c2)N=C1N.CN1C(=O)C[C@@](C)(c2cc(-c3ccc(F)c(F)c3)cs2)N=C1N.O. The third-order valence-corrected chi connectivity index (χ3v) is 16.2. The lowest BCUT2D eigenvalue weighted by atomic mass is 9.82. The zero-order chi connectivity index (χ0) is 57.6. The van der Waals surface area contributed by atoms with Gasteiger partial charge in [0.1, 0.15) is 5.54 Å². The van der Waals surface area contributed by atoms with Crippen LogP contribution in [-0.2, 0) is 31.0 Å². The fraction of sp³-hybridized carbons (Fsp3) is 0.254. The van der Waals surface area contributed by atoms with Gasteiger partial charge in [0.15, 0.2) is 40.6 Å². The molecule has 19 heteroatoms. The Kier molecular flexibility index (Phi) is 17.8. The van der Waals surface area contributed by atoms with Gasteiger partial charge in [-0.15, -0.1) is 11.3 Å². The van der Waals surface area contributed by atoms with Crippen LogP contribution in [-0.4, -0.2) is 105 Å². The summed E-state index contributed by atoms with van der Waals surface area (Å²) >= 11 is 1.42. The van der Waals surface area contributed by atoms with E-state index in [0.29, 0.717) is 30.0 Å². The topological polar surface area (TPSA) is 236 Å². The van der Waals surface area contributed by atoms with Gasteiger partial charge in [-0.2, -0.15) is 0 Å². The number of nitrogens with zero attached hydrogens (tertiary/aromatic N) is 8. The number of carbonyl (C=O) groups excluding carboxylic acids is 3. The van der Waals surface area contributed by atoms with Gasteiger partial charge in [0.05, 0.1) is 12.2 Å². The summed E-state index contributed by atoms with van der Waals surface area (Å²) in [5.74, 6) is -0.0732. The van der Waals surface area contributed by atoms with Crippen molar-refractivity contribution in [1.29, 1.82) is 0 Å². The summed E-state index contributed by atoms with van der Waals surface area (Å²) in [4.78, 5) is 64.7. The molecule has 0 saturated carbocycles. The number of hydrogen-bond donors (Lipinski definition) is 4. The Morgan fingerprint density at radius 2 is 1.21 bits per heavy atom. The van der Waals surface area contributed by atoms with Crippen molar-refractivity contribution in [2.24, 2.45) is 38.1 Å². The Morgan fingerprint density at radius 3 is 1.74 bits per heavy atom. The minimum Gasteiger partial charge on any atom is -0.412 e. The van der Waals surface area contributed by atoms with E-state index in [1.54, 1.807) is 31.4 Å². The molecule has 7 aromatic rings. The molecule has 0 bridgehead atoms. The van der Waals surface area contributed by atoms with Crippen LogP contribution in [0, 0.1) is 17.6 Å². The number of aromatic nitrogens is 1. The number of pyridine rings is 1. The minimum absolute atomic E-state index is 0. The van der Waals surface area contributed by atoms with Crippen LogP contribution >= 0.6 is 11.3 Å². The molecule has 4 aliphatic rings. The Morgan fingerprint density at radius 1 is 0.659 bits per heavy atom. The van der Waals surface area contributed by atoms with Crippen LogP contribution in [0.4, 0.5) is 8.78 Å². The van der Waals surface area contributed by atoms with Crippen molar-refractivity contribution < 1.29 is 28.6 Å². The summed E-state index contributed by atoms with van der Waals surface area (Å²) in [6.07, 6.45) is 5.72. The molecule has 1 saturated heterocycles. The summed E-state index contributed by atoms with van der Waals surface area (Å²) in [7, 11) is 3.23. The third kappa shape index (κ3) is 11.9. The number of benzene rings is 5. The van der Waals surface area contributed by atoms with E-state index in [1.807, 2.05) is 146 Å². The van der Waals surface area contributed by atoms with E-state index in [4.69, 9.17) is 22.2 Å². The Hall–Kier alpha value is -9.07. The van der Waals surface area contributed by atoms with Crippen molar-refractivity contribution >= 4 is 46.9 Å². The molecule has 9 N–H and O–H groups in total. The first kappa shape index (κ1) is 59.1. The maximum atomic E-state index is 13.9. The van der Waals surface area contributed by atoms with Crippen LogP contribution in [0.15, 0.2) is 197 Å². The van der Waals surface area contributed by atoms with Crippen LogP contribution in [0.1, 0.15) is 67.2 Å². The van der Waals surface area contributed by atoms with Gasteiger partial charge in [-0.25, -0.2) is 23.8 Å². The summed E-state index contributed by atoms with van der Waals surface area (Å²) < 4.78 is 26.4. The fourth-order valence-electron chi connectivity index (χ4n) is 10.5. The van der Waals surface area contributed by atoms with E-state index in [0.717, 1.165) is 87.7 Å². The maximum Gasteiger partial charge on any atom is 0.266 e. The van der Waals surface area contributed by atoms with Gasteiger partial charge in [0.25, 0.3) is 11.8 Å². The molecule has 5 aromatic carbocycles. The van der Waals surface area contributed by atoms with Gasteiger partial charge < -0.3 is 32.9 Å². The Balaban J connectivity index is 0.000000162. The summed E-state index contributed by atoms with van der Waals surface area (Å²) in [6.45, 7) is 12.7. The number of rotatable bonds is 12. The highest BCUT2D eigenvalue weighted by Crippen LogP contribution is 2.43. The zero-order valence-corrected chi connectivity index (χ0v) is 47.3. The van der Waals surface area contributed by atoms with Crippen molar-refractivity contribution in [2.75, 3.05) is 33.7 Å². The zero-order valence-electron chi connectivity index (χ0n) is 46.5. The molecule has 0 aliphatic carbocycles. The smallest absolute Gasteiger partial charge is 0.266 e. The number of carbonyl (C=O) groups is 3. The van der Waals surface area contributed by atoms with Gasteiger partial charge >= 0.3 is 0 Å². The molecule has 4 aliphatic heterocycles. The van der Waals surface area contributed by atoms with Crippen molar-refractivity contribution in [2.45, 2.75) is 62.7 Å². The molecular weight excluding hydrogens is 1060 g/mol. The lowest BCUT2D eigenvalue weighted by Crippen LogP contribution is -2.47. The molecule has 0 radical (unpaired) electrons. The first-order valence-corrected chi connectivity index (χ1v) is 27.6. The number of aliphatic imine (C=N–C) groups is 3. The number of nitrogens with two attached hydrogens (primary N) is 3. The van der Waals surface area contributed by atoms with Crippen molar-refractivity contribution in [3.05, 3.63) is 221 Å². The van der Waals surface area contributed by atoms with Gasteiger partial charge in [0, 0.05) is 57.0 Å². The molecule has 82 heavy (non-hydrogen) atoms. The Bertz CT molecular complexity index is 3480. The fourth-order valence-corrected chi connectivity index (χ4v) is 11.6. The predicted octanol–water partition coefficient (Wildman–Crippen LogP) is 8.31. The number of amides is 3. The first-order valence-electron chi connectivity index (χ1n) is 26.7. The van der Waals surface area contributed by atoms with E-state index in [9.17, 15) is 23.2 Å². The van der Waals surface area contributed by atoms with E-state index in [-0.39, 0.29) is 41.5 Å². The normalized spacial score (nSPS) is 19.5. The summed E-state index contributed by atoms with van der Waals surface area (Å²) in [5.41, 5.74) is 21.7. The third-order valence-electron chi connectivity index (χ3n) is 15.1. The van der Waals surface area contributed by atoms with E-state index >= 15 is 0 Å². The van der Waals surface area contributed by atoms with Crippen LogP contribution in [0.3, 0.4) is 0 Å². The minimum atomic E-state index is -1.17. The number of nitrogens with one attached hydrogen (secondary N) is 1. The highest BCUT2D eigenvalue weighted by Gasteiger charge is 2.52. The molecule has 3 amide bonds. The van der Waals surface area contributed by atoms with Crippen LogP contribution < -0.4 is 22.5 Å². The van der Waals surface area contributed by atoms with Crippen LogP contribution in [0.25, 0.3) is 22.3 Å². The molecule has 0 spiro atoms. The lowest BCUT2D eigenvalue weighted by molar-refractivity contribution is -0.131. The quantitative estimate of drug-likeness (QED) is 0.0920. The second kappa shape index (κ2) is 24.7. The highest BCUT2D eigenvalue weighted by molar-refractivity contribution is 7.10. The van der Waals surface area contributed by atoms with Crippen molar-refractivity contribution in [3.8, 4) is 22.3 Å².